The van der Waals surface area contributed by atoms with Crippen LogP contribution in [0.25, 0.3) is 0 Å². The van der Waals surface area contributed by atoms with Crippen molar-refractivity contribution in [3.05, 3.63) is 59.7 Å². The molecule has 1 atom stereocenters. The maximum Gasteiger partial charge on any atom is 0.176 e. The average Bonchev–Trinajstić information content (AvgIpc) is 2.55. The van der Waals surface area contributed by atoms with E-state index in [1.54, 1.807) is 7.05 Å². The smallest absolute Gasteiger partial charge is 0.176 e. The van der Waals surface area contributed by atoms with Crippen molar-refractivity contribution >= 4 is 11.5 Å². The van der Waals surface area contributed by atoms with Gasteiger partial charge in [-0.2, -0.15) is 0 Å². The molecule has 0 saturated carbocycles. The molecule has 0 aliphatic carbocycles. The zero-order chi connectivity index (χ0) is 14.7. The Bertz CT molecular complexity index is 640. The van der Waals surface area contributed by atoms with E-state index in [4.69, 9.17) is 4.74 Å². The van der Waals surface area contributed by atoms with E-state index in [0.29, 0.717) is 18.7 Å². The number of rotatable bonds is 4. The van der Waals surface area contributed by atoms with Gasteiger partial charge in [0, 0.05) is 5.56 Å². The molecule has 0 fully saturated rings. The van der Waals surface area contributed by atoms with Crippen LogP contribution < -0.4 is 15.4 Å². The van der Waals surface area contributed by atoms with Crippen molar-refractivity contribution < 1.29 is 9.53 Å². The molecule has 2 aromatic carbocycles. The highest BCUT2D eigenvalue weighted by Gasteiger charge is 2.21. The summed E-state index contributed by atoms with van der Waals surface area (Å²) in [5.74, 6) is 0.864. The van der Waals surface area contributed by atoms with Gasteiger partial charge in [0.25, 0.3) is 0 Å². The Hall–Kier alpha value is -2.33. The summed E-state index contributed by atoms with van der Waals surface area (Å²) in [6.45, 7) is 1.03. The van der Waals surface area contributed by atoms with E-state index in [1.165, 1.54) is 0 Å². The number of benzene rings is 2. The summed E-state index contributed by atoms with van der Waals surface area (Å²) in [6.07, 6.45) is -0.00226. The van der Waals surface area contributed by atoms with Gasteiger partial charge in [0.05, 0.1) is 18.8 Å². The summed E-state index contributed by atoms with van der Waals surface area (Å²) >= 11 is 0. The number of hydrogen-bond donors (Lipinski definition) is 2. The predicted octanol–water partition coefficient (Wildman–Crippen LogP) is 2.63. The maximum absolute atomic E-state index is 11.9. The molecule has 1 aliphatic heterocycles. The summed E-state index contributed by atoms with van der Waals surface area (Å²) in [5.41, 5.74) is 2.72. The highest BCUT2D eigenvalue weighted by molar-refractivity contribution is 5.98. The maximum atomic E-state index is 11.9. The Morgan fingerprint density at radius 2 is 2.10 bits per heavy atom. The Morgan fingerprint density at radius 3 is 2.86 bits per heavy atom. The fourth-order valence-corrected chi connectivity index (χ4v) is 2.46. The lowest BCUT2D eigenvalue weighted by molar-refractivity contribution is 0.0993. The van der Waals surface area contributed by atoms with Crippen molar-refractivity contribution in [1.82, 2.24) is 5.32 Å². The molecule has 1 unspecified atom stereocenters. The second-order valence-electron chi connectivity index (χ2n) is 5.06. The standard InChI is InChI=1S/C17H18N2O2/c1-18-10-15(20)13-7-8-16-14(9-13)19-11-17(21-16)12-5-3-2-4-6-12/h2-9,17-19H,10-11H2,1H3. The normalized spacial score (nSPS) is 16.5. The Morgan fingerprint density at radius 1 is 1.29 bits per heavy atom. The monoisotopic (exact) mass is 282 g/mol. The number of likely N-dealkylation sites (N-methyl/N-ethyl adjacent to an activating group) is 1. The third kappa shape index (κ3) is 2.90. The molecule has 3 rings (SSSR count). The molecule has 108 valence electrons. The predicted molar refractivity (Wildman–Crippen MR) is 83.0 cm³/mol. The van der Waals surface area contributed by atoms with Crippen LogP contribution in [0, 0.1) is 0 Å². The molecule has 0 bridgehead atoms. The number of carbonyl (C=O) groups excluding carboxylic acids is 1. The molecular weight excluding hydrogens is 264 g/mol. The minimum Gasteiger partial charge on any atom is -0.482 e. The molecule has 0 amide bonds. The molecule has 4 heteroatoms. The van der Waals surface area contributed by atoms with E-state index in [9.17, 15) is 4.79 Å². The minimum absolute atomic E-state index is 0.00226. The van der Waals surface area contributed by atoms with E-state index in [2.05, 4.69) is 22.8 Å². The first-order chi connectivity index (χ1) is 10.3. The van der Waals surface area contributed by atoms with Gasteiger partial charge >= 0.3 is 0 Å². The van der Waals surface area contributed by atoms with Crippen molar-refractivity contribution in [2.24, 2.45) is 0 Å². The van der Waals surface area contributed by atoms with E-state index >= 15 is 0 Å². The highest BCUT2D eigenvalue weighted by atomic mass is 16.5. The molecule has 0 saturated heterocycles. The Kier molecular flexibility index (Phi) is 3.88. The first-order valence-corrected chi connectivity index (χ1v) is 7.05. The number of Topliss-reactive ketones (excluding diaryl/α,β-unsaturated/α-hetero) is 1. The van der Waals surface area contributed by atoms with Crippen molar-refractivity contribution in [1.29, 1.82) is 0 Å². The number of fused-ring (bicyclic) bond motifs is 1. The van der Waals surface area contributed by atoms with Crippen LogP contribution in [0.15, 0.2) is 48.5 Å². The molecule has 1 heterocycles. The molecule has 1 aliphatic rings. The van der Waals surface area contributed by atoms with Crippen molar-refractivity contribution in [2.75, 3.05) is 25.5 Å². The van der Waals surface area contributed by atoms with Gasteiger partial charge in [-0.3, -0.25) is 4.79 Å². The number of hydrogen-bond acceptors (Lipinski definition) is 4. The lowest BCUT2D eigenvalue weighted by Gasteiger charge is -2.28. The van der Waals surface area contributed by atoms with Crippen molar-refractivity contribution in [3.63, 3.8) is 0 Å². The van der Waals surface area contributed by atoms with Gasteiger partial charge in [0.2, 0.25) is 0 Å². The zero-order valence-electron chi connectivity index (χ0n) is 11.9. The van der Waals surface area contributed by atoms with Gasteiger partial charge in [-0.1, -0.05) is 30.3 Å². The first-order valence-electron chi connectivity index (χ1n) is 7.05. The van der Waals surface area contributed by atoms with Crippen LogP contribution in [0.4, 0.5) is 5.69 Å². The second kappa shape index (κ2) is 5.97. The third-order valence-corrected chi connectivity index (χ3v) is 3.56. The van der Waals surface area contributed by atoms with E-state index in [-0.39, 0.29) is 11.9 Å². The van der Waals surface area contributed by atoms with Crippen molar-refractivity contribution in [3.8, 4) is 5.75 Å². The number of ketones is 1. The average molecular weight is 282 g/mol. The van der Waals surface area contributed by atoms with Crippen LogP contribution >= 0.6 is 0 Å². The van der Waals surface area contributed by atoms with Crippen molar-refractivity contribution in [2.45, 2.75) is 6.10 Å². The summed E-state index contributed by atoms with van der Waals surface area (Å²) in [6, 6.07) is 15.7. The molecule has 2 N–H and O–H groups in total. The SMILES string of the molecule is CNCC(=O)c1ccc2c(c1)NCC(c1ccccc1)O2. The lowest BCUT2D eigenvalue weighted by Crippen LogP contribution is -2.24. The van der Waals surface area contributed by atoms with Crippen LogP contribution in [-0.4, -0.2) is 25.9 Å². The van der Waals surface area contributed by atoms with E-state index < -0.39 is 0 Å². The van der Waals surface area contributed by atoms with Gasteiger partial charge < -0.3 is 15.4 Å². The molecule has 2 aromatic rings. The summed E-state index contributed by atoms with van der Waals surface area (Å²) < 4.78 is 6.02. The van der Waals surface area contributed by atoms with Gasteiger partial charge in [-0.25, -0.2) is 0 Å². The number of carbonyl (C=O) groups is 1. The van der Waals surface area contributed by atoms with Gasteiger partial charge in [-0.15, -0.1) is 0 Å². The second-order valence-corrected chi connectivity index (χ2v) is 5.06. The number of nitrogens with one attached hydrogen (secondary N) is 2. The van der Waals surface area contributed by atoms with Crippen LogP contribution in [-0.2, 0) is 0 Å². The van der Waals surface area contributed by atoms with E-state index in [1.807, 2.05) is 36.4 Å². The largest absolute Gasteiger partial charge is 0.482 e. The molecular formula is C17H18N2O2. The zero-order valence-corrected chi connectivity index (χ0v) is 11.9. The molecule has 21 heavy (non-hydrogen) atoms. The van der Waals surface area contributed by atoms with Crippen LogP contribution in [0.1, 0.15) is 22.0 Å². The summed E-state index contributed by atoms with van der Waals surface area (Å²) in [7, 11) is 1.77. The first kappa shape index (κ1) is 13.6. The van der Waals surface area contributed by atoms with Crippen LogP contribution in [0.5, 0.6) is 5.75 Å². The third-order valence-electron chi connectivity index (χ3n) is 3.56. The van der Waals surface area contributed by atoms with Gasteiger partial charge in [-0.05, 0) is 30.8 Å². The van der Waals surface area contributed by atoms with Gasteiger partial charge in [0.1, 0.15) is 11.9 Å². The molecule has 0 radical (unpaired) electrons. The Balaban J connectivity index is 1.80. The number of anilines is 1. The fourth-order valence-electron chi connectivity index (χ4n) is 2.46. The van der Waals surface area contributed by atoms with E-state index in [0.717, 1.165) is 17.0 Å². The topological polar surface area (TPSA) is 50.4 Å². The fraction of sp³-hybridized carbons (Fsp3) is 0.235. The summed E-state index contributed by atoms with van der Waals surface area (Å²) in [4.78, 5) is 11.9. The lowest BCUT2D eigenvalue weighted by atomic mass is 10.1. The molecule has 0 aromatic heterocycles. The number of ether oxygens (including phenoxy) is 1. The molecule has 4 nitrogen and oxygen atoms in total. The summed E-state index contributed by atoms with van der Waals surface area (Å²) in [5, 5.41) is 6.22. The van der Waals surface area contributed by atoms with Crippen LogP contribution in [0.3, 0.4) is 0 Å². The Labute approximate surface area is 124 Å². The minimum atomic E-state index is -0.00226. The molecule has 0 spiro atoms. The highest BCUT2D eigenvalue weighted by Crippen LogP contribution is 2.34. The quantitative estimate of drug-likeness (QED) is 0.846. The van der Waals surface area contributed by atoms with Crippen LogP contribution in [0.2, 0.25) is 0 Å². The van der Waals surface area contributed by atoms with Gasteiger partial charge in [0.15, 0.2) is 5.78 Å².